The van der Waals surface area contributed by atoms with Crippen molar-refractivity contribution in [2.75, 3.05) is 25.0 Å². The van der Waals surface area contributed by atoms with Gasteiger partial charge in [-0.05, 0) is 43.4 Å². The Labute approximate surface area is 151 Å². The number of hydrogen-bond acceptors (Lipinski definition) is 3. The molecule has 4 nitrogen and oxygen atoms in total. The second kappa shape index (κ2) is 10.5. The number of amides is 1. The van der Waals surface area contributed by atoms with E-state index in [1.165, 1.54) is 5.56 Å². The summed E-state index contributed by atoms with van der Waals surface area (Å²) in [7, 11) is 0. The summed E-state index contributed by atoms with van der Waals surface area (Å²) in [5.74, 6) is 0.897. The highest BCUT2D eigenvalue weighted by molar-refractivity contribution is 5.94. The third kappa shape index (κ3) is 6.22. The Hall–Kier alpha value is -2.36. The molecule has 0 atom stereocenters. The van der Waals surface area contributed by atoms with Crippen molar-refractivity contribution in [1.82, 2.24) is 9.88 Å². The topological polar surface area (TPSA) is 45.2 Å². The van der Waals surface area contributed by atoms with E-state index in [0.29, 0.717) is 5.56 Å². The van der Waals surface area contributed by atoms with Crippen LogP contribution in [0.3, 0.4) is 0 Å². The van der Waals surface area contributed by atoms with E-state index in [9.17, 15) is 4.79 Å². The zero-order valence-electron chi connectivity index (χ0n) is 15.4. The maximum absolute atomic E-state index is 12.5. The van der Waals surface area contributed by atoms with E-state index in [1.54, 1.807) is 6.20 Å². The van der Waals surface area contributed by atoms with E-state index in [2.05, 4.69) is 48.4 Å². The van der Waals surface area contributed by atoms with E-state index in [1.807, 2.05) is 23.1 Å². The largest absolute Gasteiger partial charge is 0.370 e. The number of nitrogens with one attached hydrogen (secondary N) is 1. The summed E-state index contributed by atoms with van der Waals surface area (Å²) in [5, 5.41) is 3.32. The number of anilines is 1. The number of aryl methyl sites for hydroxylation is 1. The van der Waals surface area contributed by atoms with E-state index >= 15 is 0 Å². The third-order valence-electron chi connectivity index (χ3n) is 4.08. The van der Waals surface area contributed by atoms with Crippen LogP contribution >= 0.6 is 0 Å². The Morgan fingerprint density at radius 1 is 1.04 bits per heavy atom. The molecule has 25 heavy (non-hydrogen) atoms. The molecule has 0 spiro atoms. The Balaban J connectivity index is 1.81. The first-order chi connectivity index (χ1) is 12.2. The molecule has 1 N–H and O–H groups in total. The Morgan fingerprint density at radius 2 is 1.76 bits per heavy atom. The molecule has 2 rings (SSSR count). The minimum atomic E-state index is 0.0758. The number of carbonyl (C=O) groups is 1. The Bertz CT molecular complexity index is 619. The number of carbonyl (C=O) groups excluding carboxylic acids is 1. The van der Waals surface area contributed by atoms with Crippen molar-refractivity contribution < 1.29 is 4.79 Å². The van der Waals surface area contributed by atoms with E-state index < -0.39 is 0 Å². The van der Waals surface area contributed by atoms with Gasteiger partial charge < -0.3 is 10.2 Å². The van der Waals surface area contributed by atoms with Crippen molar-refractivity contribution in [2.45, 2.75) is 39.5 Å². The SMILES string of the molecule is CCCN(CCC)C(=O)c1ccc(NCCCc2ccccc2)nc1. The third-order valence-corrected chi connectivity index (χ3v) is 4.08. The summed E-state index contributed by atoms with van der Waals surface area (Å²) < 4.78 is 0. The van der Waals surface area contributed by atoms with Gasteiger partial charge in [0, 0.05) is 25.8 Å². The molecule has 1 amide bonds. The fourth-order valence-electron chi connectivity index (χ4n) is 2.82. The lowest BCUT2D eigenvalue weighted by Crippen LogP contribution is -2.32. The second-order valence-corrected chi connectivity index (χ2v) is 6.24. The van der Waals surface area contributed by atoms with Crippen LogP contribution in [0.4, 0.5) is 5.82 Å². The quantitative estimate of drug-likeness (QED) is 0.653. The summed E-state index contributed by atoms with van der Waals surface area (Å²) in [6.07, 6.45) is 5.72. The molecule has 1 aromatic heterocycles. The van der Waals surface area contributed by atoms with Crippen LogP contribution in [0.15, 0.2) is 48.7 Å². The molecule has 134 valence electrons. The molecule has 0 aliphatic rings. The van der Waals surface area contributed by atoms with Gasteiger partial charge in [0.25, 0.3) is 5.91 Å². The van der Waals surface area contributed by atoms with Crippen molar-refractivity contribution in [1.29, 1.82) is 0 Å². The van der Waals surface area contributed by atoms with E-state index in [0.717, 1.165) is 51.1 Å². The van der Waals surface area contributed by atoms with Gasteiger partial charge in [0.15, 0.2) is 0 Å². The first kappa shape index (κ1) is 19.0. The van der Waals surface area contributed by atoms with Crippen molar-refractivity contribution in [3.63, 3.8) is 0 Å². The maximum Gasteiger partial charge on any atom is 0.255 e. The summed E-state index contributed by atoms with van der Waals surface area (Å²) in [5.41, 5.74) is 2.02. The molecule has 1 heterocycles. The standard InChI is InChI=1S/C21H29N3O/c1-3-15-24(16-4-2)21(25)19-12-13-20(23-17-19)22-14-8-11-18-9-6-5-7-10-18/h5-7,9-10,12-13,17H,3-4,8,11,14-16H2,1-2H3,(H,22,23). The zero-order chi connectivity index (χ0) is 17.9. The van der Waals surface area contributed by atoms with Gasteiger partial charge in [-0.1, -0.05) is 44.2 Å². The van der Waals surface area contributed by atoms with Gasteiger partial charge in [-0.3, -0.25) is 4.79 Å². The van der Waals surface area contributed by atoms with Gasteiger partial charge in [0.1, 0.15) is 5.82 Å². The van der Waals surface area contributed by atoms with Gasteiger partial charge in [-0.2, -0.15) is 0 Å². The highest BCUT2D eigenvalue weighted by Crippen LogP contribution is 2.10. The van der Waals surface area contributed by atoms with Crippen molar-refractivity contribution >= 4 is 11.7 Å². The van der Waals surface area contributed by atoms with Gasteiger partial charge >= 0.3 is 0 Å². The van der Waals surface area contributed by atoms with Crippen LogP contribution in [0.2, 0.25) is 0 Å². The Morgan fingerprint density at radius 3 is 2.36 bits per heavy atom. The molecule has 0 saturated carbocycles. The average molecular weight is 339 g/mol. The molecular formula is C21H29N3O. The zero-order valence-corrected chi connectivity index (χ0v) is 15.4. The molecule has 0 fully saturated rings. The molecule has 0 saturated heterocycles. The van der Waals surface area contributed by atoms with E-state index in [-0.39, 0.29) is 5.91 Å². The van der Waals surface area contributed by atoms with Crippen LogP contribution in [0.25, 0.3) is 0 Å². The number of pyridine rings is 1. The number of rotatable bonds is 10. The molecule has 0 bridgehead atoms. The second-order valence-electron chi connectivity index (χ2n) is 6.24. The summed E-state index contributed by atoms with van der Waals surface area (Å²) >= 11 is 0. The van der Waals surface area contributed by atoms with Gasteiger partial charge in [0.05, 0.1) is 5.56 Å². The monoisotopic (exact) mass is 339 g/mol. The predicted molar refractivity (Wildman–Crippen MR) is 104 cm³/mol. The number of hydrogen-bond donors (Lipinski definition) is 1. The fraction of sp³-hybridized carbons (Fsp3) is 0.429. The molecule has 1 aromatic carbocycles. The minimum absolute atomic E-state index is 0.0758. The predicted octanol–water partition coefficient (Wildman–Crippen LogP) is 4.39. The average Bonchev–Trinajstić information content (AvgIpc) is 2.66. The van der Waals surface area contributed by atoms with Crippen LogP contribution in [-0.4, -0.2) is 35.4 Å². The maximum atomic E-state index is 12.5. The van der Waals surface area contributed by atoms with Gasteiger partial charge in [0.2, 0.25) is 0 Å². The lowest BCUT2D eigenvalue weighted by Gasteiger charge is -2.21. The fourth-order valence-corrected chi connectivity index (χ4v) is 2.82. The van der Waals surface area contributed by atoms with Crippen LogP contribution in [-0.2, 0) is 6.42 Å². The van der Waals surface area contributed by atoms with Crippen LogP contribution in [0.1, 0.15) is 49.0 Å². The van der Waals surface area contributed by atoms with E-state index in [4.69, 9.17) is 0 Å². The molecule has 0 radical (unpaired) electrons. The molecule has 0 aliphatic heterocycles. The smallest absolute Gasteiger partial charge is 0.255 e. The first-order valence-corrected chi connectivity index (χ1v) is 9.27. The number of aromatic nitrogens is 1. The van der Waals surface area contributed by atoms with Crippen LogP contribution < -0.4 is 5.32 Å². The normalized spacial score (nSPS) is 10.5. The summed E-state index contributed by atoms with van der Waals surface area (Å²) in [4.78, 5) is 18.8. The van der Waals surface area contributed by atoms with Crippen molar-refractivity contribution in [3.8, 4) is 0 Å². The summed E-state index contributed by atoms with van der Waals surface area (Å²) in [6.45, 7) is 6.65. The van der Waals surface area contributed by atoms with Gasteiger partial charge in [-0.25, -0.2) is 4.98 Å². The van der Waals surface area contributed by atoms with Crippen LogP contribution in [0.5, 0.6) is 0 Å². The summed E-state index contributed by atoms with van der Waals surface area (Å²) in [6, 6.07) is 14.2. The molecular weight excluding hydrogens is 310 g/mol. The molecule has 2 aromatic rings. The molecule has 0 aliphatic carbocycles. The lowest BCUT2D eigenvalue weighted by atomic mass is 10.1. The highest BCUT2D eigenvalue weighted by Gasteiger charge is 2.14. The van der Waals surface area contributed by atoms with Crippen molar-refractivity contribution in [2.24, 2.45) is 0 Å². The van der Waals surface area contributed by atoms with Crippen molar-refractivity contribution in [3.05, 3.63) is 59.8 Å². The number of benzene rings is 1. The first-order valence-electron chi connectivity index (χ1n) is 9.27. The molecule has 4 heteroatoms. The molecule has 0 unspecified atom stereocenters. The Kier molecular flexibility index (Phi) is 7.96. The number of nitrogens with zero attached hydrogens (tertiary/aromatic N) is 2. The van der Waals surface area contributed by atoms with Crippen LogP contribution in [0, 0.1) is 0 Å². The minimum Gasteiger partial charge on any atom is -0.370 e. The lowest BCUT2D eigenvalue weighted by molar-refractivity contribution is 0.0755. The highest BCUT2D eigenvalue weighted by atomic mass is 16.2. The van der Waals surface area contributed by atoms with Gasteiger partial charge in [-0.15, -0.1) is 0 Å².